The predicted octanol–water partition coefficient (Wildman–Crippen LogP) is 2.92. The third-order valence-electron chi connectivity index (χ3n) is 4.40. The number of esters is 1. The summed E-state index contributed by atoms with van der Waals surface area (Å²) in [6, 6.07) is 0. The zero-order valence-electron chi connectivity index (χ0n) is 14.1. The molecule has 124 valence electrons. The Kier molecular flexibility index (Phi) is 10.5. The Bertz CT molecular complexity index is 264. The Morgan fingerprint density at radius 3 is 1.95 bits per heavy atom. The minimum absolute atomic E-state index is 0.0968. The Morgan fingerprint density at radius 2 is 1.38 bits per heavy atom. The summed E-state index contributed by atoms with van der Waals surface area (Å²) in [5, 5.41) is 0. The summed E-state index contributed by atoms with van der Waals surface area (Å²) in [5.41, 5.74) is 0. The Hall–Kier alpha value is -0.610. The number of hydrogen-bond donors (Lipinski definition) is 0. The summed E-state index contributed by atoms with van der Waals surface area (Å²) in [4.78, 5) is 16.1. The van der Waals surface area contributed by atoms with Crippen molar-refractivity contribution < 1.29 is 9.53 Å². The van der Waals surface area contributed by atoms with Crippen LogP contribution >= 0.6 is 0 Å². The zero-order valence-corrected chi connectivity index (χ0v) is 14.1. The third kappa shape index (κ3) is 9.10. The van der Waals surface area contributed by atoms with E-state index in [0.29, 0.717) is 6.42 Å². The van der Waals surface area contributed by atoms with Gasteiger partial charge in [0.05, 0.1) is 13.5 Å². The molecule has 0 aliphatic carbocycles. The highest BCUT2D eigenvalue weighted by Gasteiger charge is 2.16. The van der Waals surface area contributed by atoms with Gasteiger partial charge in [-0.15, -0.1) is 0 Å². The van der Waals surface area contributed by atoms with E-state index in [0.717, 1.165) is 32.7 Å². The van der Waals surface area contributed by atoms with Crippen LogP contribution in [-0.4, -0.2) is 62.1 Å². The molecule has 1 fully saturated rings. The Morgan fingerprint density at radius 1 is 0.857 bits per heavy atom. The first-order valence-corrected chi connectivity index (χ1v) is 8.77. The number of rotatable bonds is 11. The average molecular weight is 298 g/mol. The van der Waals surface area contributed by atoms with Crippen LogP contribution in [0.25, 0.3) is 0 Å². The third-order valence-corrected chi connectivity index (χ3v) is 4.40. The fourth-order valence-electron chi connectivity index (χ4n) is 2.88. The van der Waals surface area contributed by atoms with Gasteiger partial charge in [0.25, 0.3) is 0 Å². The molecule has 0 atom stereocenters. The molecule has 0 spiro atoms. The lowest BCUT2D eigenvalue weighted by Gasteiger charge is -2.34. The number of piperazine rings is 1. The molecule has 1 aliphatic heterocycles. The molecule has 0 amide bonds. The van der Waals surface area contributed by atoms with Crippen LogP contribution < -0.4 is 0 Å². The molecule has 1 aliphatic rings. The van der Waals surface area contributed by atoms with Crippen LogP contribution in [0.5, 0.6) is 0 Å². The summed E-state index contributed by atoms with van der Waals surface area (Å²) in [5.74, 6) is -0.0968. The lowest BCUT2D eigenvalue weighted by Crippen LogP contribution is -2.47. The highest BCUT2D eigenvalue weighted by molar-refractivity contribution is 5.69. The van der Waals surface area contributed by atoms with Gasteiger partial charge in [-0.05, 0) is 13.0 Å². The van der Waals surface area contributed by atoms with Crippen LogP contribution in [0, 0.1) is 0 Å². The van der Waals surface area contributed by atoms with E-state index in [1.807, 2.05) is 0 Å². The van der Waals surface area contributed by atoms with E-state index in [2.05, 4.69) is 21.5 Å². The van der Waals surface area contributed by atoms with Crippen molar-refractivity contribution >= 4 is 5.97 Å². The van der Waals surface area contributed by atoms with Gasteiger partial charge in [-0.2, -0.15) is 0 Å². The maximum absolute atomic E-state index is 11.1. The molecule has 4 nitrogen and oxygen atoms in total. The maximum atomic E-state index is 11.1. The SMILES string of the molecule is CCCCCCCCCN1CCN(CCC(=O)OC)CC1. The van der Waals surface area contributed by atoms with Gasteiger partial charge in [-0.25, -0.2) is 0 Å². The van der Waals surface area contributed by atoms with Crippen LogP contribution in [0.4, 0.5) is 0 Å². The first-order valence-electron chi connectivity index (χ1n) is 8.77. The van der Waals surface area contributed by atoms with Gasteiger partial charge in [-0.3, -0.25) is 4.79 Å². The second kappa shape index (κ2) is 12.0. The summed E-state index contributed by atoms with van der Waals surface area (Å²) >= 11 is 0. The van der Waals surface area contributed by atoms with Gasteiger partial charge in [0, 0.05) is 32.7 Å². The minimum Gasteiger partial charge on any atom is -0.469 e. The molecule has 0 aromatic rings. The van der Waals surface area contributed by atoms with Crippen molar-refractivity contribution in [2.24, 2.45) is 0 Å². The van der Waals surface area contributed by atoms with Crippen LogP contribution in [0.15, 0.2) is 0 Å². The number of carbonyl (C=O) groups excluding carboxylic acids is 1. The maximum Gasteiger partial charge on any atom is 0.306 e. The second-order valence-corrected chi connectivity index (χ2v) is 6.13. The minimum atomic E-state index is -0.0968. The number of unbranched alkanes of at least 4 members (excludes halogenated alkanes) is 6. The van der Waals surface area contributed by atoms with E-state index in [9.17, 15) is 4.79 Å². The van der Waals surface area contributed by atoms with Gasteiger partial charge in [0.1, 0.15) is 0 Å². The molecule has 0 radical (unpaired) electrons. The largest absolute Gasteiger partial charge is 0.469 e. The van der Waals surface area contributed by atoms with E-state index in [-0.39, 0.29) is 5.97 Å². The predicted molar refractivity (Wildman–Crippen MR) is 87.5 cm³/mol. The molecule has 1 heterocycles. The number of nitrogens with zero attached hydrogens (tertiary/aromatic N) is 2. The van der Waals surface area contributed by atoms with Gasteiger partial charge in [0.2, 0.25) is 0 Å². The molecular formula is C17H34N2O2. The summed E-state index contributed by atoms with van der Waals surface area (Å²) < 4.78 is 4.69. The summed E-state index contributed by atoms with van der Waals surface area (Å²) in [6.45, 7) is 8.84. The smallest absolute Gasteiger partial charge is 0.306 e. The standard InChI is InChI=1S/C17H34N2O2/c1-3-4-5-6-7-8-9-11-18-13-15-19(16-14-18)12-10-17(20)21-2/h3-16H2,1-2H3. The van der Waals surface area contributed by atoms with Crippen molar-refractivity contribution in [2.75, 3.05) is 46.4 Å². The zero-order chi connectivity index (χ0) is 15.3. The van der Waals surface area contributed by atoms with Crippen LogP contribution in [-0.2, 0) is 9.53 Å². The van der Waals surface area contributed by atoms with Gasteiger partial charge in [0.15, 0.2) is 0 Å². The fraction of sp³-hybridized carbons (Fsp3) is 0.941. The van der Waals surface area contributed by atoms with Crippen LogP contribution in [0.1, 0.15) is 58.3 Å². The van der Waals surface area contributed by atoms with E-state index in [1.165, 1.54) is 58.6 Å². The molecule has 0 N–H and O–H groups in total. The van der Waals surface area contributed by atoms with Gasteiger partial charge in [-0.1, -0.05) is 45.4 Å². The summed E-state index contributed by atoms with van der Waals surface area (Å²) in [6.07, 6.45) is 10.2. The van der Waals surface area contributed by atoms with E-state index < -0.39 is 0 Å². The van der Waals surface area contributed by atoms with Gasteiger partial charge < -0.3 is 14.5 Å². The van der Waals surface area contributed by atoms with Crippen LogP contribution in [0.3, 0.4) is 0 Å². The lowest BCUT2D eigenvalue weighted by atomic mass is 10.1. The molecule has 0 saturated carbocycles. The molecule has 1 rings (SSSR count). The summed E-state index contributed by atoms with van der Waals surface area (Å²) in [7, 11) is 1.46. The van der Waals surface area contributed by atoms with Crippen molar-refractivity contribution in [1.29, 1.82) is 0 Å². The van der Waals surface area contributed by atoms with Crippen molar-refractivity contribution in [2.45, 2.75) is 58.3 Å². The van der Waals surface area contributed by atoms with Crippen molar-refractivity contribution in [1.82, 2.24) is 9.80 Å². The first-order chi connectivity index (χ1) is 10.3. The Balaban J connectivity index is 1.94. The average Bonchev–Trinajstić information content (AvgIpc) is 2.52. The second-order valence-electron chi connectivity index (χ2n) is 6.13. The van der Waals surface area contributed by atoms with Crippen molar-refractivity contribution in [3.05, 3.63) is 0 Å². The number of ether oxygens (including phenoxy) is 1. The van der Waals surface area contributed by atoms with E-state index in [4.69, 9.17) is 0 Å². The molecule has 0 bridgehead atoms. The lowest BCUT2D eigenvalue weighted by molar-refractivity contribution is -0.141. The highest BCUT2D eigenvalue weighted by Crippen LogP contribution is 2.09. The Labute approximate surface area is 130 Å². The van der Waals surface area contributed by atoms with E-state index in [1.54, 1.807) is 0 Å². The van der Waals surface area contributed by atoms with Crippen molar-refractivity contribution in [3.8, 4) is 0 Å². The molecule has 0 aromatic carbocycles. The topological polar surface area (TPSA) is 32.8 Å². The highest BCUT2D eigenvalue weighted by atomic mass is 16.5. The van der Waals surface area contributed by atoms with Gasteiger partial charge >= 0.3 is 5.97 Å². The number of methoxy groups -OCH3 is 1. The first kappa shape index (κ1) is 18.4. The number of hydrogen-bond acceptors (Lipinski definition) is 4. The van der Waals surface area contributed by atoms with E-state index >= 15 is 0 Å². The molecule has 21 heavy (non-hydrogen) atoms. The normalized spacial score (nSPS) is 17.0. The molecule has 4 heteroatoms. The monoisotopic (exact) mass is 298 g/mol. The fourth-order valence-corrected chi connectivity index (χ4v) is 2.88. The molecule has 0 unspecified atom stereocenters. The van der Waals surface area contributed by atoms with Crippen LogP contribution in [0.2, 0.25) is 0 Å². The quantitative estimate of drug-likeness (QED) is 0.434. The molecule has 0 aromatic heterocycles. The molecular weight excluding hydrogens is 264 g/mol. The molecule has 1 saturated heterocycles. The van der Waals surface area contributed by atoms with Crippen molar-refractivity contribution in [3.63, 3.8) is 0 Å². The number of carbonyl (C=O) groups is 1.